The molecule has 1 aliphatic rings. The smallest absolute Gasteiger partial charge is 0.233 e. The first kappa shape index (κ1) is 16.6. The molecule has 3 heterocycles. The lowest BCUT2D eigenvalue weighted by Crippen LogP contribution is -2.40. The van der Waals surface area contributed by atoms with Gasteiger partial charge < -0.3 is 4.90 Å². The fourth-order valence-electron chi connectivity index (χ4n) is 3.17. The molecule has 0 aliphatic carbocycles. The van der Waals surface area contributed by atoms with Crippen molar-refractivity contribution in [2.45, 2.75) is 23.7 Å². The number of carbonyl (C=O) groups is 1. The summed E-state index contributed by atoms with van der Waals surface area (Å²) < 4.78 is 4.14. The fraction of sp³-hybridized carbons (Fsp3) is 0.389. The van der Waals surface area contributed by atoms with Crippen LogP contribution in [0.3, 0.4) is 0 Å². The van der Waals surface area contributed by atoms with Gasteiger partial charge in [0, 0.05) is 32.0 Å². The minimum Gasteiger partial charge on any atom is -0.342 e. The lowest BCUT2D eigenvalue weighted by Gasteiger charge is -2.31. The number of rotatable bonds is 5. The van der Waals surface area contributed by atoms with E-state index in [0.717, 1.165) is 42.3 Å². The average Bonchev–Trinajstić information content (AvgIpc) is 3.29. The first-order valence-electron chi connectivity index (χ1n) is 8.51. The number of fused-ring (bicyclic) bond motifs is 1. The second kappa shape index (κ2) is 7.58. The lowest BCUT2D eigenvalue weighted by molar-refractivity contribution is -0.129. The first-order valence-corrected chi connectivity index (χ1v) is 10.3. The van der Waals surface area contributed by atoms with Crippen LogP contribution in [0.4, 0.5) is 0 Å². The first-order chi connectivity index (χ1) is 12.3. The normalized spacial score (nSPS) is 15.8. The van der Waals surface area contributed by atoms with Crippen LogP contribution in [-0.4, -0.2) is 44.4 Å². The van der Waals surface area contributed by atoms with Crippen LogP contribution in [0.25, 0.3) is 10.2 Å². The van der Waals surface area contributed by atoms with E-state index < -0.39 is 0 Å². The SMILES string of the molecule is O=C(CSc1nc2ccccc2s1)N1CCC(Cn2cccn2)CC1. The van der Waals surface area contributed by atoms with Crippen LogP contribution in [0, 0.1) is 5.92 Å². The van der Waals surface area contributed by atoms with E-state index in [1.54, 1.807) is 23.1 Å². The van der Waals surface area contributed by atoms with E-state index in [1.807, 2.05) is 46.2 Å². The largest absolute Gasteiger partial charge is 0.342 e. The summed E-state index contributed by atoms with van der Waals surface area (Å²) in [5, 5.41) is 4.27. The maximum Gasteiger partial charge on any atom is 0.233 e. The molecule has 1 aliphatic heterocycles. The van der Waals surface area contributed by atoms with Gasteiger partial charge >= 0.3 is 0 Å². The summed E-state index contributed by atoms with van der Waals surface area (Å²) in [6.07, 6.45) is 5.93. The maximum absolute atomic E-state index is 12.5. The minimum atomic E-state index is 0.224. The van der Waals surface area contributed by atoms with E-state index in [9.17, 15) is 4.79 Å². The summed E-state index contributed by atoms with van der Waals surface area (Å²) in [7, 11) is 0. The third kappa shape index (κ3) is 4.04. The van der Waals surface area contributed by atoms with Gasteiger partial charge in [0.25, 0.3) is 0 Å². The topological polar surface area (TPSA) is 51.0 Å². The molecule has 0 atom stereocenters. The van der Waals surface area contributed by atoms with Gasteiger partial charge in [0.05, 0.1) is 16.0 Å². The molecule has 0 saturated carbocycles. The molecule has 0 unspecified atom stereocenters. The summed E-state index contributed by atoms with van der Waals surface area (Å²) >= 11 is 3.21. The zero-order valence-electron chi connectivity index (χ0n) is 13.9. The highest BCUT2D eigenvalue weighted by molar-refractivity contribution is 8.01. The Hall–Kier alpha value is -1.86. The number of likely N-dealkylation sites (tertiary alicyclic amines) is 1. The van der Waals surface area contributed by atoms with Gasteiger partial charge in [-0.1, -0.05) is 23.9 Å². The fourth-order valence-corrected chi connectivity index (χ4v) is 5.14. The van der Waals surface area contributed by atoms with Crippen molar-refractivity contribution in [1.82, 2.24) is 19.7 Å². The van der Waals surface area contributed by atoms with Gasteiger partial charge in [0.1, 0.15) is 0 Å². The number of para-hydroxylation sites is 1. The number of piperidine rings is 1. The third-order valence-corrected chi connectivity index (χ3v) is 6.73. The number of nitrogens with zero attached hydrogens (tertiary/aromatic N) is 4. The summed E-state index contributed by atoms with van der Waals surface area (Å²) in [4.78, 5) is 19.1. The number of benzene rings is 1. The molecule has 0 bridgehead atoms. The number of thiazole rings is 1. The van der Waals surface area contributed by atoms with Gasteiger partial charge in [-0.3, -0.25) is 9.48 Å². The van der Waals surface area contributed by atoms with Gasteiger partial charge in [-0.15, -0.1) is 11.3 Å². The zero-order chi connectivity index (χ0) is 17.1. The van der Waals surface area contributed by atoms with Crippen molar-refractivity contribution >= 4 is 39.2 Å². The molecule has 3 aromatic rings. The molecule has 0 radical (unpaired) electrons. The Morgan fingerprint density at radius 1 is 1.24 bits per heavy atom. The molecular formula is C18H20N4OS2. The van der Waals surface area contributed by atoms with Crippen molar-refractivity contribution < 1.29 is 4.79 Å². The van der Waals surface area contributed by atoms with Gasteiger partial charge in [0.2, 0.25) is 5.91 Å². The summed E-state index contributed by atoms with van der Waals surface area (Å²) in [5.74, 6) is 1.31. The molecular weight excluding hydrogens is 352 g/mol. The van der Waals surface area contributed by atoms with E-state index in [4.69, 9.17) is 0 Å². The molecule has 7 heteroatoms. The minimum absolute atomic E-state index is 0.224. The van der Waals surface area contributed by atoms with Crippen LogP contribution in [-0.2, 0) is 11.3 Å². The van der Waals surface area contributed by atoms with E-state index in [-0.39, 0.29) is 5.91 Å². The number of amides is 1. The Morgan fingerprint density at radius 2 is 2.08 bits per heavy atom. The third-order valence-electron chi connectivity index (χ3n) is 4.57. The van der Waals surface area contributed by atoms with Gasteiger partial charge in [-0.05, 0) is 37.0 Å². The molecule has 4 rings (SSSR count). The molecule has 25 heavy (non-hydrogen) atoms. The average molecular weight is 373 g/mol. The Labute approximate surface area is 155 Å². The molecule has 0 spiro atoms. The maximum atomic E-state index is 12.5. The molecule has 5 nitrogen and oxygen atoms in total. The van der Waals surface area contributed by atoms with Crippen LogP contribution in [0.2, 0.25) is 0 Å². The number of hydrogen-bond acceptors (Lipinski definition) is 5. The van der Waals surface area contributed by atoms with Crippen molar-refractivity contribution in [3.8, 4) is 0 Å². The predicted octanol–water partition coefficient (Wildman–Crippen LogP) is 3.52. The van der Waals surface area contributed by atoms with Crippen LogP contribution >= 0.6 is 23.1 Å². The summed E-state index contributed by atoms with van der Waals surface area (Å²) in [5.41, 5.74) is 1.02. The van der Waals surface area contributed by atoms with Crippen molar-refractivity contribution in [2.75, 3.05) is 18.8 Å². The van der Waals surface area contributed by atoms with Crippen molar-refractivity contribution in [3.05, 3.63) is 42.7 Å². The van der Waals surface area contributed by atoms with E-state index in [0.29, 0.717) is 11.7 Å². The quantitative estimate of drug-likeness (QED) is 0.643. The highest BCUT2D eigenvalue weighted by Crippen LogP contribution is 2.29. The monoisotopic (exact) mass is 372 g/mol. The molecule has 1 saturated heterocycles. The molecule has 0 N–H and O–H groups in total. The Morgan fingerprint density at radius 3 is 2.84 bits per heavy atom. The number of carbonyl (C=O) groups excluding carboxylic acids is 1. The Kier molecular flexibility index (Phi) is 5.03. The van der Waals surface area contributed by atoms with Crippen LogP contribution in [0.5, 0.6) is 0 Å². The Balaban J connectivity index is 1.26. The van der Waals surface area contributed by atoms with Crippen LogP contribution < -0.4 is 0 Å². The number of hydrogen-bond donors (Lipinski definition) is 0. The van der Waals surface area contributed by atoms with Crippen molar-refractivity contribution in [1.29, 1.82) is 0 Å². The van der Waals surface area contributed by atoms with E-state index in [1.165, 1.54) is 4.70 Å². The zero-order valence-corrected chi connectivity index (χ0v) is 15.5. The molecule has 1 aromatic carbocycles. The molecule has 2 aromatic heterocycles. The predicted molar refractivity (Wildman–Crippen MR) is 102 cm³/mol. The van der Waals surface area contributed by atoms with E-state index >= 15 is 0 Å². The van der Waals surface area contributed by atoms with Crippen molar-refractivity contribution in [3.63, 3.8) is 0 Å². The second-order valence-corrected chi connectivity index (χ2v) is 8.54. The molecule has 1 amide bonds. The number of thioether (sulfide) groups is 1. The highest BCUT2D eigenvalue weighted by atomic mass is 32.2. The highest BCUT2D eigenvalue weighted by Gasteiger charge is 2.23. The van der Waals surface area contributed by atoms with Crippen molar-refractivity contribution in [2.24, 2.45) is 5.92 Å². The lowest BCUT2D eigenvalue weighted by atomic mass is 9.97. The Bertz CT molecular complexity index is 805. The van der Waals surface area contributed by atoms with Crippen LogP contribution in [0.15, 0.2) is 47.1 Å². The standard InChI is InChI=1S/C18H20N4OS2/c23-17(13-24-18-20-15-4-1-2-5-16(15)25-18)21-10-6-14(7-11-21)12-22-9-3-8-19-22/h1-5,8-9,14H,6-7,10-13H2. The van der Waals surface area contributed by atoms with Gasteiger partial charge in [0.15, 0.2) is 4.34 Å². The van der Waals surface area contributed by atoms with Gasteiger partial charge in [-0.25, -0.2) is 4.98 Å². The molecule has 130 valence electrons. The molecule has 1 fully saturated rings. The van der Waals surface area contributed by atoms with Crippen LogP contribution in [0.1, 0.15) is 12.8 Å². The summed E-state index contributed by atoms with van der Waals surface area (Å²) in [6, 6.07) is 10.1. The van der Waals surface area contributed by atoms with Gasteiger partial charge in [-0.2, -0.15) is 5.10 Å². The number of aromatic nitrogens is 3. The van der Waals surface area contributed by atoms with E-state index in [2.05, 4.69) is 16.1 Å². The second-order valence-electron chi connectivity index (χ2n) is 6.29. The summed E-state index contributed by atoms with van der Waals surface area (Å²) in [6.45, 7) is 2.66.